The van der Waals surface area contributed by atoms with E-state index in [1.54, 1.807) is 0 Å². The third-order valence-electron chi connectivity index (χ3n) is 4.11. The SMILES string of the molecule is N=Cc1cc2c(cc1N)-c1c[nH]c(n1)C(N)CCCCCN2. The van der Waals surface area contributed by atoms with Gasteiger partial charge in [-0.25, -0.2) is 4.98 Å². The Morgan fingerprint density at radius 1 is 1.27 bits per heavy atom. The third-order valence-corrected chi connectivity index (χ3v) is 4.11. The van der Waals surface area contributed by atoms with Gasteiger partial charge < -0.3 is 27.2 Å². The summed E-state index contributed by atoms with van der Waals surface area (Å²) in [6.45, 7) is 0.890. The van der Waals surface area contributed by atoms with E-state index in [-0.39, 0.29) is 6.04 Å². The lowest BCUT2D eigenvalue weighted by molar-refractivity contribution is 0.558. The molecular formula is C16H22N6. The molecule has 116 valence electrons. The van der Waals surface area contributed by atoms with E-state index in [9.17, 15) is 0 Å². The number of anilines is 2. The van der Waals surface area contributed by atoms with Gasteiger partial charge in [0, 0.05) is 41.5 Å². The number of imidazole rings is 1. The second-order valence-corrected chi connectivity index (χ2v) is 5.72. The quantitative estimate of drug-likeness (QED) is 0.411. The maximum Gasteiger partial charge on any atom is 0.123 e. The second kappa shape index (κ2) is 6.19. The Morgan fingerprint density at radius 2 is 2.14 bits per heavy atom. The van der Waals surface area contributed by atoms with Crippen LogP contribution in [0.2, 0.25) is 0 Å². The number of nitrogens with zero attached hydrogens (tertiary/aromatic N) is 1. The van der Waals surface area contributed by atoms with Crippen molar-refractivity contribution >= 4 is 17.6 Å². The van der Waals surface area contributed by atoms with E-state index >= 15 is 0 Å². The Hall–Kier alpha value is -2.34. The Morgan fingerprint density at radius 3 is 2.95 bits per heavy atom. The lowest BCUT2D eigenvalue weighted by Gasteiger charge is -2.15. The van der Waals surface area contributed by atoms with Crippen molar-refractivity contribution in [2.24, 2.45) is 5.73 Å². The highest BCUT2D eigenvalue weighted by Crippen LogP contribution is 2.32. The number of rotatable bonds is 1. The summed E-state index contributed by atoms with van der Waals surface area (Å²) in [4.78, 5) is 7.81. The van der Waals surface area contributed by atoms with Gasteiger partial charge in [0.25, 0.3) is 0 Å². The normalized spacial score (nSPS) is 18.5. The Balaban J connectivity index is 2.08. The number of nitrogens with two attached hydrogens (primary N) is 2. The molecule has 0 saturated carbocycles. The largest absolute Gasteiger partial charge is 0.398 e. The second-order valence-electron chi connectivity index (χ2n) is 5.72. The minimum absolute atomic E-state index is 0.0530. The van der Waals surface area contributed by atoms with Crippen LogP contribution >= 0.6 is 0 Å². The summed E-state index contributed by atoms with van der Waals surface area (Å²) in [6, 6.07) is 3.74. The summed E-state index contributed by atoms with van der Waals surface area (Å²) in [7, 11) is 0. The summed E-state index contributed by atoms with van der Waals surface area (Å²) in [5.74, 6) is 0.816. The minimum Gasteiger partial charge on any atom is -0.398 e. The van der Waals surface area contributed by atoms with E-state index < -0.39 is 0 Å². The van der Waals surface area contributed by atoms with Crippen molar-refractivity contribution in [1.29, 1.82) is 5.41 Å². The van der Waals surface area contributed by atoms with Crippen LogP contribution in [0.3, 0.4) is 0 Å². The molecule has 6 heteroatoms. The summed E-state index contributed by atoms with van der Waals surface area (Å²) < 4.78 is 0. The van der Waals surface area contributed by atoms with Crippen LogP contribution in [0.5, 0.6) is 0 Å². The first-order chi connectivity index (χ1) is 10.7. The summed E-state index contributed by atoms with van der Waals surface area (Å²) in [5.41, 5.74) is 16.2. The number of hydrogen-bond acceptors (Lipinski definition) is 5. The molecule has 0 aliphatic carbocycles. The number of aromatic nitrogens is 2. The van der Waals surface area contributed by atoms with Gasteiger partial charge in [0.1, 0.15) is 5.82 Å². The molecule has 2 bridgehead atoms. The zero-order valence-electron chi connectivity index (χ0n) is 12.5. The number of nitrogen functional groups attached to an aromatic ring is 1. The standard InChI is InChI=1S/C16H22N6/c17-8-10-6-14-11(7-13(10)19)15-9-21-16(22-15)12(18)4-2-1-3-5-20-14/h6-9,12,17,20H,1-5,18-19H2,(H,21,22). The first-order valence-corrected chi connectivity index (χ1v) is 7.68. The molecule has 2 heterocycles. The zero-order chi connectivity index (χ0) is 15.5. The number of H-pyrrole nitrogens is 1. The number of hydrogen-bond donors (Lipinski definition) is 5. The monoisotopic (exact) mass is 298 g/mol. The van der Waals surface area contributed by atoms with Crippen LogP contribution < -0.4 is 16.8 Å². The number of nitrogens with one attached hydrogen (secondary N) is 3. The molecule has 3 rings (SSSR count). The van der Waals surface area contributed by atoms with Crippen molar-refractivity contribution in [2.75, 3.05) is 17.6 Å². The molecule has 2 aromatic rings. The molecule has 1 aliphatic heterocycles. The van der Waals surface area contributed by atoms with Crippen LogP contribution in [0.1, 0.15) is 43.1 Å². The molecule has 0 saturated heterocycles. The molecule has 1 aromatic carbocycles. The summed E-state index contributed by atoms with van der Waals surface area (Å²) in [5, 5.41) is 10.9. The molecular weight excluding hydrogens is 276 g/mol. The van der Waals surface area contributed by atoms with E-state index in [4.69, 9.17) is 16.9 Å². The van der Waals surface area contributed by atoms with Gasteiger partial charge in [0.15, 0.2) is 0 Å². The maximum absolute atomic E-state index is 7.47. The average molecular weight is 298 g/mol. The predicted octanol–water partition coefficient (Wildman–Crippen LogP) is 2.64. The third kappa shape index (κ3) is 2.82. The Bertz CT molecular complexity index is 675. The molecule has 6 nitrogen and oxygen atoms in total. The highest BCUT2D eigenvalue weighted by atomic mass is 15.0. The molecule has 0 fully saturated rings. The van der Waals surface area contributed by atoms with Crippen molar-refractivity contribution < 1.29 is 0 Å². The number of benzene rings is 1. The summed E-state index contributed by atoms with van der Waals surface area (Å²) >= 11 is 0. The molecule has 0 radical (unpaired) electrons. The first-order valence-electron chi connectivity index (χ1n) is 7.68. The molecule has 0 amide bonds. The van der Waals surface area contributed by atoms with E-state index in [2.05, 4.69) is 15.3 Å². The van der Waals surface area contributed by atoms with Crippen molar-refractivity contribution in [3.63, 3.8) is 0 Å². The van der Waals surface area contributed by atoms with Crippen LogP contribution in [0, 0.1) is 5.41 Å². The van der Waals surface area contributed by atoms with Gasteiger partial charge in [0.05, 0.1) is 11.7 Å². The fourth-order valence-corrected chi connectivity index (χ4v) is 2.81. The van der Waals surface area contributed by atoms with Crippen LogP contribution in [-0.2, 0) is 0 Å². The predicted molar refractivity (Wildman–Crippen MR) is 90.2 cm³/mol. The molecule has 1 aliphatic rings. The van der Waals surface area contributed by atoms with Gasteiger partial charge >= 0.3 is 0 Å². The maximum atomic E-state index is 7.47. The first kappa shape index (κ1) is 14.6. The van der Waals surface area contributed by atoms with Gasteiger partial charge in [-0.15, -0.1) is 0 Å². The summed E-state index contributed by atoms with van der Waals surface area (Å²) in [6.07, 6.45) is 7.41. The van der Waals surface area contributed by atoms with Crippen LogP contribution in [-0.4, -0.2) is 22.7 Å². The van der Waals surface area contributed by atoms with Crippen molar-refractivity contribution in [1.82, 2.24) is 9.97 Å². The number of aromatic amines is 1. The fraction of sp³-hybridized carbons (Fsp3) is 0.375. The molecule has 22 heavy (non-hydrogen) atoms. The topological polar surface area (TPSA) is 117 Å². The smallest absolute Gasteiger partial charge is 0.123 e. The Kier molecular flexibility index (Phi) is 4.11. The fourth-order valence-electron chi connectivity index (χ4n) is 2.81. The van der Waals surface area contributed by atoms with Crippen molar-refractivity contribution in [2.45, 2.75) is 31.7 Å². The minimum atomic E-state index is -0.0530. The van der Waals surface area contributed by atoms with E-state index in [0.29, 0.717) is 11.3 Å². The van der Waals surface area contributed by atoms with E-state index in [1.807, 2.05) is 18.3 Å². The van der Waals surface area contributed by atoms with E-state index in [1.165, 1.54) is 6.21 Å². The van der Waals surface area contributed by atoms with E-state index in [0.717, 1.165) is 55.0 Å². The molecule has 1 unspecified atom stereocenters. The lowest BCUT2D eigenvalue weighted by atomic mass is 10.0. The average Bonchev–Trinajstić information content (AvgIpc) is 3.00. The van der Waals surface area contributed by atoms with Gasteiger partial charge in [0.2, 0.25) is 0 Å². The Labute approximate surface area is 129 Å². The van der Waals surface area contributed by atoms with Crippen molar-refractivity contribution in [3.05, 3.63) is 29.7 Å². The van der Waals surface area contributed by atoms with Crippen LogP contribution in [0.15, 0.2) is 18.3 Å². The van der Waals surface area contributed by atoms with Gasteiger partial charge in [-0.1, -0.05) is 12.8 Å². The van der Waals surface area contributed by atoms with Crippen LogP contribution in [0.4, 0.5) is 11.4 Å². The highest BCUT2D eigenvalue weighted by molar-refractivity contribution is 5.91. The number of fused-ring (bicyclic) bond motifs is 4. The molecule has 1 atom stereocenters. The highest BCUT2D eigenvalue weighted by Gasteiger charge is 2.16. The van der Waals surface area contributed by atoms with Gasteiger partial charge in [-0.05, 0) is 25.0 Å². The van der Waals surface area contributed by atoms with Crippen LogP contribution in [0.25, 0.3) is 11.3 Å². The van der Waals surface area contributed by atoms with Gasteiger partial charge in [-0.3, -0.25) is 0 Å². The lowest BCUT2D eigenvalue weighted by Crippen LogP contribution is -2.13. The van der Waals surface area contributed by atoms with Gasteiger partial charge in [-0.2, -0.15) is 0 Å². The van der Waals surface area contributed by atoms with Crippen molar-refractivity contribution in [3.8, 4) is 11.3 Å². The molecule has 1 aromatic heterocycles. The molecule has 7 N–H and O–H groups in total. The molecule has 0 spiro atoms. The zero-order valence-corrected chi connectivity index (χ0v) is 12.5.